The molecule has 1 rings (SSSR count). The van der Waals surface area contributed by atoms with E-state index in [-0.39, 0.29) is 17.9 Å². The molecule has 0 saturated heterocycles. The van der Waals surface area contributed by atoms with E-state index < -0.39 is 0 Å². The fourth-order valence-electron chi connectivity index (χ4n) is 6.99. The average Bonchev–Trinajstić information content (AvgIpc) is 3.01. The van der Waals surface area contributed by atoms with Gasteiger partial charge in [-0.15, -0.1) is 0 Å². The molecule has 0 heterocycles. The van der Waals surface area contributed by atoms with Crippen molar-refractivity contribution >= 4 is 0 Å². The Hall–Kier alpha value is -0.570. The van der Waals surface area contributed by atoms with Gasteiger partial charge in [-0.05, 0) is 38.5 Å². The third-order valence-corrected chi connectivity index (χ3v) is 9.82. The van der Waals surface area contributed by atoms with Crippen LogP contribution in [0.2, 0.25) is 0 Å². The summed E-state index contributed by atoms with van der Waals surface area (Å²) in [7, 11) is 0. The second-order valence-electron chi connectivity index (χ2n) is 14.0. The number of rotatable bonds is 33. The quantitative estimate of drug-likeness (QED) is 0.0542. The van der Waals surface area contributed by atoms with Crippen molar-refractivity contribution in [1.29, 1.82) is 0 Å². The Bertz CT molecular complexity index is 631. The molecule has 1 aromatic rings. The van der Waals surface area contributed by atoms with Crippen LogP contribution in [0.5, 0.6) is 0 Å². The monoisotopic (exact) mass is 638 g/mol. The first-order valence-corrected chi connectivity index (χ1v) is 19.7. The Labute approximate surface area is 284 Å². The van der Waals surface area contributed by atoms with Crippen LogP contribution in [-0.2, 0) is 6.54 Å². The summed E-state index contributed by atoms with van der Waals surface area (Å²) in [6, 6.07) is 11.5. The molecule has 44 heavy (non-hydrogen) atoms. The summed E-state index contributed by atoms with van der Waals surface area (Å²) in [6.45, 7) is 12.4. The molecule has 0 unspecified atom stereocenters. The zero-order valence-electron chi connectivity index (χ0n) is 30.3. The Morgan fingerprint density at radius 3 is 0.886 bits per heavy atom. The number of nitrogens with zero attached hydrogens (tertiary/aromatic N) is 1. The highest BCUT2D eigenvalue weighted by Crippen LogP contribution is 2.23. The predicted octanol–water partition coefficient (Wildman–Crippen LogP) is 10.2. The Kier molecular flexibility index (Phi) is 36.5. The standard InChI is InChI=1S/C41H78N.ClH.H2O/c1-4-7-10-13-16-19-20-21-22-25-28-34-39-42(40-41-35-30-29-31-36-41,37-32-26-23-17-14-11-8-5-2)38-33-27-24-18-15-12-9-6-3;;/h29-31,35-36H,4-28,32-34,37-40H2,1-3H3;1H;1H2/q+1;;/p-1. The van der Waals surface area contributed by atoms with E-state index in [1.807, 2.05) is 0 Å². The molecular weight excluding hydrogens is 558 g/mol. The minimum Gasteiger partial charge on any atom is -1.00 e. The average molecular weight is 639 g/mol. The van der Waals surface area contributed by atoms with Gasteiger partial charge in [-0.3, -0.25) is 0 Å². The molecule has 2 nitrogen and oxygen atoms in total. The van der Waals surface area contributed by atoms with Crippen LogP contribution in [0, 0.1) is 0 Å². The first-order valence-electron chi connectivity index (χ1n) is 19.7. The molecule has 0 atom stereocenters. The van der Waals surface area contributed by atoms with E-state index in [2.05, 4.69) is 51.1 Å². The van der Waals surface area contributed by atoms with Crippen molar-refractivity contribution in [2.45, 2.75) is 207 Å². The van der Waals surface area contributed by atoms with Crippen molar-refractivity contribution in [1.82, 2.24) is 0 Å². The molecule has 0 bridgehead atoms. The fraction of sp³-hybridized carbons (Fsp3) is 0.854. The number of quaternary nitrogens is 1. The zero-order chi connectivity index (χ0) is 30.2. The molecule has 0 aliphatic heterocycles. The van der Waals surface area contributed by atoms with Gasteiger partial charge in [0.15, 0.2) is 0 Å². The molecular formula is C41H80ClNO. The summed E-state index contributed by atoms with van der Waals surface area (Å²) in [5.41, 5.74) is 1.57. The maximum Gasteiger partial charge on any atom is 0.104 e. The number of benzene rings is 1. The molecule has 0 fully saturated rings. The number of hydrogen-bond donors (Lipinski definition) is 0. The lowest BCUT2D eigenvalue weighted by Gasteiger charge is -2.39. The first-order chi connectivity index (χ1) is 20.8. The molecule has 0 amide bonds. The van der Waals surface area contributed by atoms with Crippen molar-refractivity contribution in [3.05, 3.63) is 35.9 Å². The van der Waals surface area contributed by atoms with E-state index in [1.54, 1.807) is 5.56 Å². The van der Waals surface area contributed by atoms with Crippen molar-refractivity contribution in [3.8, 4) is 0 Å². The highest BCUT2D eigenvalue weighted by Gasteiger charge is 2.26. The molecule has 1 aromatic carbocycles. The summed E-state index contributed by atoms with van der Waals surface area (Å²) in [6.07, 6.45) is 40.3. The Balaban J connectivity index is 0. The predicted molar refractivity (Wildman–Crippen MR) is 195 cm³/mol. The van der Waals surface area contributed by atoms with Gasteiger partial charge >= 0.3 is 0 Å². The Morgan fingerprint density at radius 1 is 0.364 bits per heavy atom. The van der Waals surface area contributed by atoms with Crippen LogP contribution in [0.3, 0.4) is 0 Å². The van der Waals surface area contributed by atoms with E-state index >= 15 is 0 Å². The molecule has 2 N–H and O–H groups in total. The second kappa shape index (κ2) is 35.3. The molecule has 0 aliphatic rings. The highest BCUT2D eigenvalue weighted by molar-refractivity contribution is 5.13. The maximum atomic E-state index is 2.40. The van der Waals surface area contributed by atoms with Crippen molar-refractivity contribution in [2.75, 3.05) is 19.6 Å². The van der Waals surface area contributed by atoms with Crippen LogP contribution in [0.1, 0.15) is 206 Å². The normalized spacial score (nSPS) is 11.3. The number of halogens is 1. The molecule has 0 aromatic heterocycles. The van der Waals surface area contributed by atoms with Gasteiger partial charge in [-0.2, -0.15) is 0 Å². The lowest BCUT2D eigenvalue weighted by molar-refractivity contribution is -0.941. The second-order valence-corrected chi connectivity index (χ2v) is 14.0. The topological polar surface area (TPSA) is 31.5 Å². The highest BCUT2D eigenvalue weighted by atomic mass is 35.5. The van der Waals surface area contributed by atoms with Crippen molar-refractivity contribution in [3.63, 3.8) is 0 Å². The molecule has 262 valence electrons. The van der Waals surface area contributed by atoms with Crippen LogP contribution in [0.15, 0.2) is 30.3 Å². The van der Waals surface area contributed by atoms with Crippen molar-refractivity contribution < 1.29 is 22.4 Å². The number of hydrogen-bond acceptors (Lipinski definition) is 0. The SMILES string of the molecule is CCCCCCCCCCCCCC[N+](CCCCCCCCCC)(CCCCCCCCCC)Cc1ccccc1.O.[Cl-]. The first kappa shape index (κ1) is 45.6. The van der Waals surface area contributed by atoms with Gasteiger partial charge in [0.05, 0.1) is 19.6 Å². The van der Waals surface area contributed by atoms with Gasteiger partial charge in [0, 0.05) is 5.56 Å². The Morgan fingerprint density at radius 2 is 0.614 bits per heavy atom. The van der Waals surface area contributed by atoms with E-state index in [1.165, 1.54) is 210 Å². The molecule has 0 spiro atoms. The summed E-state index contributed by atoms with van der Waals surface area (Å²) in [5.74, 6) is 0. The van der Waals surface area contributed by atoms with Gasteiger partial charge in [0.25, 0.3) is 0 Å². The van der Waals surface area contributed by atoms with E-state index in [4.69, 9.17) is 0 Å². The van der Waals surface area contributed by atoms with E-state index in [0.717, 1.165) is 0 Å². The van der Waals surface area contributed by atoms with Gasteiger partial charge in [-0.25, -0.2) is 0 Å². The third-order valence-electron chi connectivity index (χ3n) is 9.82. The van der Waals surface area contributed by atoms with Gasteiger partial charge in [0.2, 0.25) is 0 Å². The van der Waals surface area contributed by atoms with Crippen LogP contribution in [-0.4, -0.2) is 29.6 Å². The van der Waals surface area contributed by atoms with Gasteiger partial charge in [0.1, 0.15) is 6.54 Å². The smallest absolute Gasteiger partial charge is 0.104 e. The zero-order valence-corrected chi connectivity index (χ0v) is 31.1. The molecule has 0 radical (unpaired) electrons. The number of unbranched alkanes of at least 4 members (excludes halogenated alkanes) is 25. The summed E-state index contributed by atoms with van der Waals surface area (Å²) in [5, 5.41) is 0. The van der Waals surface area contributed by atoms with E-state index in [0.29, 0.717) is 0 Å². The summed E-state index contributed by atoms with van der Waals surface area (Å²) in [4.78, 5) is 0. The van der Waals surface area contributed by atoms with Crippen LogP contribution in [0.4, 0.5) is 0 Å². The summed E-state index contributed by atoms with van der Waals surface area (Å²) >= 11 is 0. The van der Waals surface area contributed by atoms with E-state index in [9.17, 15) is 0 Å². The van der Waals surface area contributed by atoms with Crippen LogP contribution in [0.25, 0.3) is 0 Å². The molecule has 0 aliphatic carbocycles. The fourth-order valence-corrected chi connectivity index (χ4v) is 6.99. The maximum absolute atomic E-state index is 2.40. The molecule has 3 heteroatoms. The van der Waals surface area contributed by atoms with Crippen LogP contribution < -0.4 is 12.4 Å². The van der Waals surface area contributed by atoms with Gasteiger partial charge < -0.3 is 22.4 Å². The lowest BCUT2D eigenvalue weighted by atomic mass is 10.0. The third kappa shape index (κ3) is 27.7. The molecule has 0 saturated carbocycles. The summed E-state index contributed by atoms with van der Waals surface area (Å²) < 4.78 is 1.35. The van der Waals surface area contributed by atoms with Crippen LogP contribution >= 0.6 is 0 Å². The van der Waals surface area contributed by atoms with Crippen molar-refractivity contribution in [2.24, 2.45) is 0 Å². The minimum absolute atomic E-state index is 0. The largest absolute Gasteiger partial charge is 1.00 e. The lowest BCUT2D eigenvalue weighted by Crippen LogP contribution is -3.00. The van der Waals surface area contributed by atoms with Gasteiger partial charge in [-0.1, -0.05) is 192 Å². The minimum atomic E-state index is 0.